The van der Waals surface area contributed by atoms with Crippen molar-refractivity contribution in [2.24, 2.45) is 0 Å². The van der Waals surface area contributed by atoms with Gasteiger partial charge in [0.25, 0.3) is 0 Å². The Morgan fingerprint density at radius 1 is 1.12 bits per heavy atom. The Balaban J connectivity index is 0.00000288. The first-order chi connectivity index (χ1) is 11.1. The minimum absolute atomic E-state index is 0. The molecular weight excluding hydrogens is 338 g/mol. The normalized spacial score (nSPS) is 10.5. The summed E-state index contributed by atoms with van der Waals surface area (Å²) in [6.45, 7) is 6.86. The van der Waals surface area contributed by atoms with E-state index in [9.17, 15) is 4.79 Å². The topological polar surface area (TPSA) is 35.5 Å². The third kappa shape index (κ3) is 5.26. The van der Waals surface area contributed by atoms with Gasteiger partial charge in [0.1, 0.15) is 11.5 Å². The Labute approximate surface area is 162 Å². The molecule has 0 aliphatic heterocycles. The zero-order valence-electron chi connectivity index (χ0n) is 14.5. The molecule has 0 aliphatic carbocycles. The van der Waals surface area contributed by atoms with Crippen molar-refractivity contribution in [2.75, 3.05) is 13.2 Å². The molecule has 0 heterocycles. The Kier molecular flexibility index (Phi) is 8.88. The zero-order valence-corrected chi connectivity index (χ0v) is 16.2. The van der Waals surface area contributed by atoms with Gasteiger partial charge in [-0.25, -0.2) is 0 Å². The van der Waals surface area contributed by atoms with Gasteiger partial charge in [0.2, 0.25) is 0 Å². The number of hydrogen-bond acceptors (Lipinski definition) is 3. The van der Waals surface area contributed by atoms with Crippen LogP contribution >= 0.6 is 20.2 Å². The van der Waals surface area contributed by atoms with E-state index in [2.05, 4.69) is 0 Å². The van der Waals surface area contributed by atoms with Crippen LogP contribution in [0.3, 0.4) is 0 Å². The molecule has 24 heavy (non-hydrogen) atoms. The molecule has 0 N–H and O–H groups in total. The summed E-state index contributed by atoms with van der Waals surface area (Å²) in [6.07, 6.45) is 0. The van der Waals surface area contributed by atoms with E-state index in [-0.39, 0.29) is 33.0 Å². The second-order valence-electron chi connectivity index (χ2n) is 4.91. The fourth-order valence-corrected chi connectivity index (χ4v) is 3.76. The molecule has 0 fully saturated rings. The predicted molar refractivity (Wildman–Crippen MR) is 97.2 cm³/mol. The third-order valence-electron chi connectivity index (χ3n) is 3.26. The van der Waals surface area contributed by atoms with Gasteiger partial charge in [0, 0.05) is 16.9 Å². The van der Waals surface area contributed by atoms with Crippen LogP contribution in [0.2, 0.25) is 5.02 Å². The van der Waals surface area contributed by atoms with Crippen molar-refractivity contribution in [2.45, 2.75) is 20.8 Å². The summed E-state index contributed by atoms with van der Waals surface area (Å²) < 4.78 is 11.2. The second-order valence-corrected chi connectivity index (χ2v) is 6.56. The standard InChI is InChI=1S/C18H20ClO3P.Li/c1-4-21-13-9-10-16(15(11-13)22-5-2)23-18(20)17-12(3)7-6-8-14(17)19;/h6-11,23H,4-5H2,1-3H3;/q;+1. The van der Waals surface area contributed by atoms with Crippen LogP contribution in [0.15, 0.2) is 36.4 Å². The van der Waals surface area contributed by atoms with Gasteiger partial charge in [0.05, 0.1) is 18.2 Å². The Morgan fingerprint density at radius 3 is 2.46 bits per heavy atom. The molecule has 1 unspecified atom stereocenters. The minimum Gasteiger partial charge on any atom is -0.494 e. The van der Waals surface area contributed by atoms with Gasteiger partial charge in [-0.3, -0.25) is 4.79 Å². The number of hydrogen-bond donors (Lipinski definition) is 0. The van der Waals surface area contributed by atoms with Gasteiger partial charge < -0.3 is 9.47 Å². The fourth-order valence-electron chi connectivity index (χ4n) is 2.24. The first-order valence-electron chi connectivity index (χ1n) is 7.52. The molecule has 0 amide bonds. The fraction of sp³-hybridized carbons (Fsp3) is 0.278. The van der Waals surface area contributed by atoms with Crippen LogP contribution in [-0.4, -0.2) is 18.7 Å². The third-order valence-corrected chi connectivity index (χ3v) is 4.74. The van der Waals surface area contributed by atoms with Crippen LogP contribution in [0.1, 0.15) is 29.8 Å². The summed E-state index contributed by atoms with van der Waals surface area (Å²) in [4.78, 5) is 12.7. The molecule has 2 rings (SSSR count). The van der Waals surface area contributed by atoms with E-state index >= 15 is 0 Å². The van der Waals surface area contributed by atoms with Crippen molar-refractivity contribution in [1.82, 2.24) is 0 Å². The van der Waals surface area contributed by atoms with Gasteiger partial charge in [0.15, 0.2) is 5.52 Å². The number of carbonyl (C=O) groups excluding carboxylic acids is 1. The molecule has 0 saturated heterocycles. The summed E-state index contributed by atoms with van der Waals surface area (Å²) in [7, 11) is -0.0483. The van der Waals surface area contributed by atoms with Gasteiger partial charge >= 0.3 is 18.9 Å². The van der Waals surface area contributed by atoms with Crippen LogP contribution in [-0.2, 0) is 0 Å². The number of aryl methyl sites for hydroxylation is 1. The second kappa shape index (κ2) is 10.1. The van der Waals surface area contributed by atoms with E-state index in [4.69, 9.17) is 21.1 Å². The van der Waals surface area contributed by atoms with E-state index in [1.807, 2.05) is 51.1 Å². The first kappa shape index (κ1) is 21.1. The number of carbonyl (C=O) groups is 1. The van der Waals surface area contributed by atoms with Crippen LogP contribution in [0.5, 0.6) is 11.5 Å². The van der Waals surface area contributed by atoms with E-state index in [1.54, 1.807) is 6.07 Å². The summed E-state index contributed by atoms with van der Waals surface area (Å²) in [5.41, 5.74) is 1.49. The quantitative estimate of drug-likeness (QED) is 0.558. The summed E-state index contributed by atoms with van der Waals surface area (Å²) in [6, 6.07) is 11.1. The molecule has 6 heteroatoms. The van der Waals surface area contributed by atoms with E-state index < -0.39 is 0 Å². The molecule has 0 radical (unpaired) electrons. The average Bonchev–Trinajstić information content (AvgIpc) is 2.50. The Bertz CT molecular complexity index is 686. The number of halogens is 1. The van der Waals surface area contributed by atoms with Crippen molar-refractivity contribution in [3.05, 3.63) is 52.5 Å². The van der Waals surface area contributed by atoms with Gasteiger partial charge in [-0.05, 0) is 53.1 Å². The number of benzene rings is 2. The number of rotatable bonds is 7. The first-order valence-corrected chi connectivity index (χ1v) is 8.90. The van der Waals surface area contributed by atoms with Crippen molar-refractivity contribution in [3.63, 3.8) is 0 Å². The smallest absolute Gasteiger partial charge is 0.494 e. The molecule has 2 aromatic carbocycles. The van der Waals surface area contributed by atoms with Crippen LogP contribution in [0.4, 0.5) is 0 Å². The molecule has 3 nitrogen and oxygen atoms in total. The summed E-state index contributed by atoms with van der Waals surface area (Å²) >= 11 is 6.19. The van der Waals surface area contributed by atoms with Crippen molar-refractivity contribution >= 4 is 31.0 Å². The minimum atomic E-state index is -0.0483. The molecule has 2 aromatic rings. The molecule has 0 aromatic heterocycles. The largest absolute Gasteiger partial charge is 1.00 e. The average molecular weight is 358 g/mol. The van der Waals surface area contributed by atoms with Gasteiger partial charge in [-0.15, -0.1) is 0 Å². The summed E-state index contributed by atoms with van der Waals surface area (Å²) in [5.74, 6) is 1.43. The van der Waals surface area contributed by atoms with Gasteiger partial charge in [-0.1, -0.05) is 23.7 Å². The monoisotopic (exact) mass is 357 g/mol. The summed E-state index contributed by atoms with van der Waals surface area (Å²) in [5, 5.41) is 1.35. The Morgan fingerprint density at radius 2 is 1.83 bits per heavy atom. The van der Waals surface area contributed by atoms with E-state index in [0.717, 1.165) is 16.6 Å². The maximum atomic E-state index is 12.7. The molecule has 0 bridgehead atoms. The SMILES string of the molecule is CCOc1ccc(PC(=O)c2c(C)cccc2Cl)c(OCC)c1.[Li+]. The van der Waals surface area contributed by atoms with E-state index in [0.29, 0.717) is 29.5 Å². The molecule has 1 atom stereocenters. The molecule has 0 spiro atoms. The zero-order chi connectivity index (χ0) is 16.8. The Hall–Kier alpha value is -0.973. The number of ether oxygens (including phenoxy) is 2. The van der Waals surface area contributed by atoms with Crippen molar-refractivity contribution < 1.29 is 33.1 Å². The maximum Gasteiger partial charge on any atom is 1.00 e. The van der Waals surface area contributed by atoms with Crippen LogP contribution in [0.25, 0.3) is 0 Å². The molecule has 0 saturated carbocycles. The maximum absolute atomic E-state index is 12.7. The molecule has 0 aliphatic rings. The van der Waals surface area contributed by atoms with Gasteiger partial charge in [-0.2, -0.15) is 0 Å². The predicted octanol–water partition coefficient (Wildman–Crippen LogP) is 1.59. The van der Waals surface area contributed by atoms with Crippen LogP contribution in [0, 0.1) is 6.92 Å². The van der Waals surface area contributed by atoms with Crippen LogP contribution < -0.4 is 33.6 Å². The molecule has 122 valence electrons. The van der Waals surface area contributed by atoms with Crippen molar-refractivity contribution in [3.8, 4) is 11.5 Å². The molecular formula is C18H20ClLiO3P+. The van der Waals surface area contributed by atoms with Crippen molar-refractivity contribution in [1.29, 1.82) is 0 Å². The van der Waals surface area contributed by atoms with E-state index in [1.165, 1.54) is 0 Å².